The topological polar surface area (TPSA) is 65.4 Å². The van der Waals surface area contributed by atoms with Crippen LogP contribution in [0, 0.1) is 0 Å². The highest BCUT2D eigenvalue weighted by Crippen LogP contribution is 2.23. The van der Waals surface area contributed by atoms with Gasteiger partial charge < -0.3 is 15.5 Å². The molecule has 4 nitrogen and oxygen atoms in total. The highest BCUT2D eigenvalue weighted by atomic mass is 35.5. The largest absolute Gasteiger partial charge is 0.508 e. The summed E-state index contributed by atoms with van der Waals surface area (Å²) >= 11 is 5.75. The molecule has 0 aliphatic rings. The van der Waals surface area contributed by atoms with Gasteiger partial charge in [0.2, 0.25) is 0 Å². The van der Waals surface area contributed by atoms with Crippen molar-refractivity contribution in [2.45, 2.75) is 6.54 Å². The summed E-state index contributed by atoms with van der Waals surface area (Å²) in [4.78, 5) is 3.87. The SMILES string of the molecule is Oc1ccc(CNc2ccnc(Cl)c2)c(O)c1. The van der Waals surface area contributed by atoms with Crippen molar-refractivity contribution >= 4 is 17.3 Å². The van der Waals surface area contributed by atoms with E-state index < -0.39 is 0 Å². The van der Waals surface area contributed by atoms with E-state index in [4.69, 9.17) is 16.7 Å². The number of nitrogens with zero attached hydrogens (tertiary/aromatic N) is 1. The molecule has 0 radical (unpaired) electrons. The molecule has 88 valence electrons. The van der Waals surface area contributed by atoms with Crippen molar-refractivity contribution in [2.24, 2.45) is 0 Å². The van der Waals surface area contributed by atoms with Crippen molar-refractivity contribution < 1.29 is 10.2 Å². The Kier molecular flexibility index (Phi) is 3.35. The van der Waals surface area contributed by atoms with Gasteiger partial charge in [0, 0.05) is 30.1 Å². The number of benzene rings is 1. The smallest absolute Gasteiger partial charge is 0.131 e. The fourth-order valence-electron chi connectivity index (χ4n) is 1.41. The fourth-order valence-corrected chi connectivity index (χ4v) is 1.59. The Morgan fingerprint density at radius 1 is 1.18 bits per heavy atom. The van der Waals surface area contributed by atoms with Crippen molar-refractivity contribution in [2.75, 3.05) is 5.32 Å². The molecule has 1 aromatic carbocycles. The van der Waals surface area contributed by atoms with Crippen LogP contribution in [0.2, 0.25) is 5.15 Å². The molecule has 0 unspecified atom stereocenters. The Labute approximate surface area is 104 Å². The van der Waals surface area contributed by atoms with Gasteiger partial charge in [0.25, 0.3) is 0 Å². The van der Waals surface area contributed by atoms with Gasteiger partial charge in [-0.1, -0.05) is 11.6 Å². The standard InChI is InChI=1S/C12H11ClN2O2/c13-12-5-9(3-4-14-12)15-7-8-1-2-10(16)6-11(8)17/h1-6,16-17H,7H2,(H,14,15). The van der Waals surface area contributed by atoms with Gasteiger partial charge in [-0.25, -0.2) is 4.98 Å². The first-order valence-electron chi connectivity index (χ1n) is 5.01. The minimum Gasteiger partial charge on any atom is -0.508 e. The third-order valence-corrected chi connectivity index (χ3v) is 2.49. The van der Waals surface area contributed by atoms with Gasteiger partial charge in [0.15, 0.2) is 0 Å². The zero-order chi connectivity index (χ0) is 12.3. The number of phenolic OH excluding ortho intramolecular Hbond substituents is 2. The van der Waals surface area contributed by atoms with Gasteiger partial charge in [0.1, 0.15) is 16.7 Å². The maximum Gasteiger partial charge on any atom is 0.131 e. The summed E-state index contributed by atoms with van der Waals surface area (Å²) in [6.45, 7) is 0.437. The average molecular weight is 251 g/mol. The number of halogens is 1. The molecule has 1 heterocycles. The lowest BCUT2D eigenvalue weighted by atomic mass is 10.2. The first-order valence-corrected chi connectivity index (χ1v) is 5.39. The van der Waals surface area contributed by atoms with Crippen LogP contribution >= 0.6 is 11.6 Å². The van der Waals surface area contributed by atoms with Gasteiger partial charge in [-0.05, 0) is 24.3 Å². The van der Waals surface area contributed by atoms with Gasteiger partial charge in [-0.3, -0.25) is 0 Å². The number of hydrogen-bond acceptors (Lipinski definition) is 4. The molecule has 0 spiro atoms. The molecule has 1 aromatic heterocycles. The second-order valence-electron chi connectivity index (χ2n) is 3.53. The van der Waals surface area contributed by atoms with Crippen LogP contribution in [0.1, 0.15) is 5.56 Å². The maximum absolute atomic E-state index is 9.59. The number of rotatable bonds is 3. The Hall–Kier alpha value is -1.94. The summed E-state index contributed by atoms with van der Waals surface area (Å²) in [6.07, 6.45) is 1.60. The lowest BCUT2D eigenvalue weighted by Gasteiger charge is -2.08. The van der Waals surface area contributed by atoms with E-state index in [2.05, 4.69) is 10.3 Å². The monoisotopic (exact) mass is 250 g/mol. The highest BCUT2D eigenvalue weighted by molar-refractivity contribution is 6.29. The molecular formula is C12H11ClN2O2. The lowest BCUT2D eigenvalue weighted by molar-refractivity contribution is 0.446. The summed E-state index contributed by atoms with van der Waals surface area (Å²) in [5.41, 5.74) is 1.51. The number of aromatic hydroxyl groups is 2. The molecular weight excluding hydrogens is 240 g/mol. The molecule has 0 amide bonds. The summed E-state index contributed by atoms with van der Waals surface area (Å²) < 4.78 is 0. The third kappa shape index (κ3) is 3.01. The van der Waals surface area contributed by atoms with Crippen molar-refractivity contribution in [3.05, 3.63) is 47.2 Å². The number of phenols is 2. The predicted octanol–water partition coefficient (Wildman–Crippen LogP) is 2.76. The Morgan fingerprint density at radius 3 is 2.71 bits per heavy atom. The molecule has 0 aliphatic carbocycles. The second-order valence-corrected chi connectivity index (χ2v) is 3.92. The lowest BCUT2D eigenvalue weighted by Crippen LogP contribution is -1.99. The van der Waals surface area contributed by atoms with Crippen LogP contribution in [-0.4, -0.2) is 15.2 Å². The predicted molar refractivity (Wildman–Crippen MR) is 66.3 cm³/mol. The number of hydrogen-bond donors (Lipinski definition) is 3. The minimum atomic E-state index is 0.0400. The van der Waals surface area contributed by atoms with Crippen molar-refractivity contribution in [1.82, 2.24) is 4.98 Å². The molecule has 17 heavy (non-hydrogen) atoms. The van der Waals surface area contributed by atoms with Gasteiger partial charge in [-0.2, -0.15) is 0 Å². The van der Waals surface area contributed by atoms with Crippen molar-refractivity contribution in [3.63, 3.8) is 0 Å². The van der Waals surface area contributed by atoms with Crippen molar-refractivity contribution in [3.8, 4) is 11.5 Å². The Bertz CT molecular complexity index is 532. The van der Waals surface area contributed by atoms with Crippen LogP contribution in [0.25, 0.3) is 0 Å². The Balaban J connectivity index is 2.07. The molecule has 5 heteroatoms. The van der Waals surface area contributed by atoms with E-state index in [-0.39, 0.29) is 11.5 Å². The van der Waals surface area contributed by atoms with E-state index >= 15 is 0 Å². The minimum absolute atomic E-state index is 0.0400. The second kappa shape index (κ2) is 4.93. The van der Waals surface area contributed by atoms with Crippen LogP contribution < -0.4 is 5.32 Å². The summed E-state index contributed by atoms with van der Waals surface area (Å²) in [7, 11) is 0. The summed E-state index contributed by atoms with van der Waals surface area (Å²) in [5.74, 6) is 0.0934. The van der Waals surface area contributed by atoms with E-state index in [1.165, 1.54) is 12.1 Å². The normalized spacial score (nSPS) is 10.2. The number of anilines is 1. The van der Waals surface area contributed by atoms with Crippen molar-refractivity contribution in [1.29, 1.82) is 0 Å². The number of nitrogens with one attached hydrogen (secondary N) is 1. The van der Waals surface area contributed by atoms with Crippen LogP contribution in [0.4, 0.5) is 5.69 Å². The van der Waals surface area contributed by atoms with Crippen LogP contribution in [-0.2, 0) is 6.54 Å². The van der Waals surface area contributed by atoms with E-state index in [1.807, 2.05) is 0 Å². The van der Waals surface area contributed by atoms with E-state index in [1.54, 1.807) is 24.4 Å². The summed E-state index contributed by atoms with van der Waals surface area (Å²) in [5, 5.41) is 22.2. The molecule has 0 atom stereocenters. The van der Waals surface area contributed by atoms with Gasteiger partial charge >= 0.3 is 0 Å². The van der Waals surface area contributed by atoms with E-state index in [9.17, 15) is 5.11 Å². The zero-order valence-corrected chi connectivity index (χ0v) is 9.65. The third-order valence-electron chi connectivity index (χ3n) is 2.28. The quantitative estimate of drug-likeness (QED) is 0.733. The molecule has 3 N–H and O–H groups in total. The van der Waals surface area contributed by atoms with Gasteiger partial charge in [-0.15, -0.1) is 0 Å². The van der Waals surface area contributed by atoms with Crippen LogP contribution in [0.5, 0.6) is 11.5 Å². The van der Waals surface area contributed by atoms with E-state index in [0.29, 0.717) is 17.3 Å². The number of aromatic nitrogens is 1. The van der Waals surface area contributed by atoms with Gasteiger partial charge in [0.05, 0.1) is 0 Å². The van der Waals surface area contributed by atoms with Crippen LogP contribution in [0.15, 0.2) is 36.5 Å². The first kappa shape index (κ1) is 11.5. The van der Waals surface area contributed by atoms with E-state index in [0.717, 1.165) is 5.69 Å². The zero-order valence-electron chi connectivity index (χ0n) is 8.89. The average Bonchev–Trinajstić information content (AvgIpc) is 2.28. The molecule has 0 fully saturated rings. The molecule has 2 rings (SSSR count). The van der Waals surface area contributed by atoms with Crippen LogP contribution in [0.3, 0.4) is 0 Å². The highest BCUT2D eigenvalue weighted by Gasteiger charge is 2.02. The molecule has 0 aliphatic heterocycles. The first-order chi connectivity index (χ1) is 8.15. The molecule has 0 saturated heterocycles. The maximum atomic E-state index is 9.59. The number of pyridine rings is 1. The molecule has 0 bridgehead atoms. The fraction of sp³-hybridized carbons (Fsp3) is 0.0833. The molecule has 0 saturated carbocycles. The molecule has 2 aromatic rings. The Morgan fingerprint density at radius 2 is 2.00 bits per heavy atom. The summed E-state index contributed by atoms with van der Waals surface area (Å²) in [6, 6.07) is 7.95.